The van der Waals surface area contributed by atoms with E-state index in [1.165, 1.54) is 21.6 Å². The molecule has 0 saturated carbocycles. The Morgan fingerprint density at radius 3 is 2.05 bits per heavy atom. The molecule has 0 aliphatic carbocycles. The Morgan fingerprint density at radius 1 is 0.829 bits per heavy atom. The van der Waals surface area contributed by atoms with E-state index in [9.17, 15) is 24.6 Å². The number of aliphatic hydroxyl groups is 1. The summed E-state index contributed by atoms with van der Waals surface area (Å²) < 4.78 is 1.36. The lowest BCUT2D eigenvalue weighted by Gasteiger charge is -2.33. The van der Waals surface area contributed by atoms with Crippen LogP contribution in [0.4, 0.5) is 17.1 Å². The normalized spacial score (nSPS) is 20.0. The predicted molar refractivity (Wildman–Crippen MR) is 154 cm³/mol. The Morgan fingerprint density at radius 2 is 1.41 bits per heavy atom. The van der Waals surface area contributed by atoms with Crippen molar-refractivity contribution in [2.24, 2.45) is 5.73 Å². The van der Waals surface area contributed by atoms with Crippen LogP contribution < -0.4 is 15.5 Å². The van der Waals surface area contributed by atoms with Crippen molar-refractivity contribution in [3.8, 4) is 5.75 Å². The van der Waals surface area contributed by atoms with Crippen molar-refractivity contribution in [3.63, 3.8) is 0 Å². The third-order valence-corrected chi connectivity index (χ3v) is 7.26. The van der Waals surface area contributed by atoms with Gasteiger partial charge in [-0.2, -0.15) is 9.48 Å². The highest BCUT2D eigenvalue weighted by Crippen LogP contribution is 2.49. The Kier molecular flexibility index (Phi) is 5.92. The summed E-state index contributed by atoms with van der Waals surface area (Å²) >= 11 is 0. The summed E-state index contributed by atoms with van der Waals surface area (Å²) in [6.45, 7) is 1.75. The van der Waals surface area contributed by atoms with Crippen molar-refractivity contribution in [2.75, 3.05) is 9.80 Å². The monoisotopic (exact) mass is 545 g/mol. The van der Waals surface area contributed by atoms with Gasteiger partial charge in [-0.05, 0) is 48.9 Å². The molecule has 1 atom stereocenters. The number of hydrogen-bond donors (Lipinski definition) is 3. The molecule has 2 heterocycles. The Bertz CT molecular complexity index is 1790. The number of aliphatic hydroxyl groups excluding tert-OH is 1. The predicted octanol–water partition coefficient (Wildman–Crippen LogP) is 3.99. The summed E-state index contributed by atoms with van der Waals surface area (Å²) in [6, 6.07) is 29.8. The molecular formula is C32H25N4O5+. The lowest BCUT2D eigenvalue weighted by molar-refractivity contribution is -0.494. The van der Waals surface area contributed by atoms with Gasteiger partial charge in [0, 0.05) is 5.56 Å². The number of phenols is 1. The van der Waals surface area contributed by atoms with Gasteiger partial charge in [0.1, 0.15) is 28.5 Å². The van der Waals surface area contributed by atoms with E-state index in [1.54, 1.807) is 104 Å². The van der Waals surface area contributed by atoms with Gasteiger partial charge in [-0.1, -0.05) is 72.8 Å². The number of amides is 2. The SMILES string of the molecule is Cc1ccc(O)c(N2C(=O)C(=O)/C(=C(/O)c3ccccc3)C23C(=O)N(c2ccccc2)C(N)=[N+]3c2ccccc2)c1. The van der Waals surface area contributed by atoms with Gasteiger partial charge < -0.3 is 10.2 Å². The van der Waals surface area contributed by atoms with Gasteiger partial charge in [0.15, 0.2) is 0 Å². The van der Waals surface area contributed by atoms with E-state index in [1.807, 2.05) is 0 Å². The quantitative estimate of drug-likeness (QED) is 0.154. The first-order valence-corrected chi connectivity index (χ1v) is 12.8. The lowest BCUT2D eigenvalue weighted by Crippen LogP contribution is -2.59. The number of rotatable bonds is 4. The van der Waals surface area contributed by atoms with Gasteiger partial charge in [-0.25, -0.2) is 4.79 Å². The number of carbonyl (C=O) groups is 3. The van der Waals surface area contributed by atoms with Crippen LogP contribution in [0, 0.1) is 6.92 Å². The first kappa shape index (κ1) is 25.6. The number of nitrogens with zero attached hydrogens (tertiary/aromatic N) is 3. The first-order chi connectivity index (χ1) is 19.8. The Labute approximate surface area is 235 Å². The molecule has 0 bridgehead atoms. The number of carbonyl (C=O) groups excluding carboxylic acids is 3. The minimum Gasteiger partial charge on any atom is -0.507 e. The molecule has 41 heavy (non-hydrogen) atoms. The fourth-order valence-electron chi connectivity index (χ4n) is 5.49. The fraction of sp³-hybridized carbons (Fsp3) is 0.0625. The van der Waals surface area contributed by atoms with E-state index < -0.39 is 34.6 Å². The topological polar surface area (TPSA) is 127 Å². The summed E-state index contributed by atoms with van der Waals surface area (Å²) in [5.41, 5.74) is 5.49. The summed E-state index contributed by atoms with van der Waals surface area (Å²) in [6.07, 6.45) is 0. The molecular weight excluding hydrogens is 520 g/mol. The van der Waals surface area contributed by atoms with Crippen LogP contribution in [-0.4, -0.2) is 44.0 Å². The maximum absolute atomic E-state index is 15.0. The molecule has 1 saturated heterocycles. The van der Waals surface area contributed by atoms with Crippen LogP contribution in [0.15, 0.2) is 115 Å². The zero-order valence-electron chi connectivity index (χ0n) is 21.9. The number of aryl methyl sites for hydroxylation is 1. The average molecular weight is 546 g/mol. The van der Waals surface area contributed by atoms with Crippen LogP contribution in [0.25, 0.3) is 5.76 Å². The molecule has 9 heteroatoms. The van der Waals surface area contributed by atoms with Crippen molar-refractivity contribution < 1.29 is 29.2 Å². The first-order valence-electron chi connectivity index (χ1n) is 12.8. The molecule has 2 amide bonds. The van der Waals surface area contributed by atoms with E-state index >= 15 is 0 Å². The summed E-state index contributed by atoms with van der Waals surface area (Å²) in [4.78, 5) is 45.1. The second-order valence-electron chi connectivity index (χ2n) is 9.73. The molecule has 4 N–H and O–H groups in total. The van der Waals surface area contributed by atoms with Crippen LogP contribution in [0.3, 0.4) is 0 Å². The highest BCUT2D eigenvalue weighted by Gasteiger charge is 2.74. The van der Waals surface area contributed by atoms with Gasteiger partial charge in [0.2, 0.25) is 0 Å². The van der Waals surface area contributed by atoms with E-state index in [2.05, 4.69) is 0 Å². The second kappa shape index (κ2) is 9.49. The van der Waals surface area contributed by atoms with Gasteiger partial charge in [-0.3, -0.25) is 20.2 Å². The van der Waals surface area contributed by atoms with Crippen LogP contribution in [0.2, 0.25) is 0 Å². The van der Waals surface area contributed by atoms with Crippen LogP contribution >= 0.6 is 0 Å². The number of anilines is 2. The zero-order valence-corrected chi connectivity index (χ0v) is 21.9. The molecule has 2 aliphatic rings. The number of Topliss-reactive ketones (excluding diaryl/α,β-unsaturated/α-hetero) is 1. The molecule has 0 aromatic heterocycles. The highest BCUT2D eigenvalue weighted by molar-refractivity contribution is 6.55. The smallest absolute Gasteiger partial charge is 0.366 e. The number of aromatic hydroxyl groups is 1. The Hall–Kier alpha value is -5.70. The van der Waals surface area contributed by atoms with Crippen molar-refractivity contribution in [2.45, 2.75) is 12.6 Å². The van der Waals surface area contributed by atoms with E-state index in [0.717, 1.165) is 4.90 Å². The van der Waals surface area contributed by atoms with Gasteiger partial charge >= 0.3 is 23.4 Å². The fourth-order valence-corrected chi connectivity index (χ4v) is 5.49. The third kappa shape index (κ3) is 3.63. The third-order valence-electron chi connectivity index (χ3n) is 7.26. The van der Waals surface area contributed by atoms with Crippen LogP contribution in [0.5, 0.6) is 5.75 Å². The van der Waals surface area contributed by atoms with Gasteiger partial charge in [-0.15, -0.1) is 0 Å². The summed E-state index contributed by atoms with van der Waals surface area (Å²) in [5.74, 6) is -4.01. The molecule has 9 nitrogen and oxygen atoms in total. The van der Waals surface area contributed by atoms with Gasteiger partial charge in [0.05, 0.1) is 5.69 Å². The minimum absolute atomic E-state index is 0.0868. The average Bonchev–Trinajstić information content (AvgIpc) is 3.36. The molecule has 202 valence electrons. The molecule has 4 aromatic carbocycles. The van der Waals surface area contributed by atoms with Crippen molar-refractivity contribution in [1.82, 2.24) is 0 Å². The number of phenolic OH excluding ortho intramolecular Hbond substituents is 1. The second-order valence-corrected chi connectivity index (χ2v) is 9.73. The van der Waals surface area contributed by atoms with Crippen molar-refractivity contribution in [1.29, 1.82) is 0 Å². The van der Waals surface area contributed by atoms with E-state index in [0.29, 0.717) is 16.9 Å². The van der Waals surface area contributed by atoms with Crippen molar-refractivity contribution in [3.05, 3.63) is 126 Å². The largest absolute Gasteiger partial charge is 0.507 e. The Balaban J connectivity index is 1.79. The molecule has 1 fully saturated rings. The van der Waals surface area contributed by atoms with Crippen molar-refractivity contribution >= 4 is 46.4 Å². The lowest BCUT2D eigenvalue weighted by atomic mass is 9.92. The zero-order chi connectivity index (χ0) is 28.9. The number of guanidine groups is 1. The minimum atomic E-state index is -2.33. The summed E-state index contributed by atoms with van der Waals surface area (Å²) in [7, 11) is 0. The molecule has 4 aromatic rings. The van der Waals surface area contributed by atoms with Crippen LogP contribution in [0.1, 0.15) is 11.1 Å². The van der Waals surface area contributed by atoms with E-state index in [4.69, 9.17) is 5.73 Å². The number of hydrogen-bond acceptors (Lipinski definition) is 6. The number of ketones is 1. The molecule has 6 rings (SSSR count). The van der Waals surface area contributed by atoms with Crippen LogP contribution in [-0.2, 0) is 14.4 Å². The molecule has 0 radical (unpaired) electrons. The number of nitrogens with two attached hydrogens (primary N) is 1. The molecule has 1 unspecified atom stereocenters. The maximum atomic E-state index is 15.0. The summed E-state index contributed by atoms with van der Waals surface area (Å²) in [5, 5.41) is 22.7. The molecule has 2 aliphatic heterocycles. The number of para-hydroxylation sites is 2. The van der Waals surface area contributed by atoms with Gasteiger partial charge in [0.25, 0.3) is 5.78 Å². The van der Waals surface area contributed by atoms with E-state index in [-0.39, 0.29) is 23.0 Å². The highest BCUT2D eigenvalue weighted by atomic mass is 16.3. The maximum Gasteiger partial charge on any atom is 0.366 e. The standard InChI is InChI=1S/C32H24N4O5/c1-20-17-18-25(37)24(19-20)36-29(40)28(39)26(27(38)21-11-5-2-6-12-21)32(36)30(41)34(22-13-7-3-8-14-22)31(33)35(32)23-15-9-4-10-16-23/h2-19,33H,1H3,(H2,37,38,39)/p+1. The molecule has 1 spiro atoms. The number of benzene rings is 4.